The highest BCUT2D eigenvalue weighted by Gasteiger charge is 2.15. The quantitative estimate of drug-likeness (QED) is 0.547. The first-order valence-electron chi connectivity index (χ1n) is 6.82. The Bertz CT molecular complexity index is 1080. The van der Waals surface area contributed by atoms with E-state index in [0.29, 0.717) is 17.0 Å². The lowest BCUT2D eigenvalue weighted by Gasteiger charge is -2.03. The Balaban J connectivity index is 2.03. The van der Waals surface area contributed by atoms with Gasteiger partial charge in [0.15, 0.2) is 0 Å². The number of phenols is 1. The number of hydrogen-bond acceptors (Lipinski definition) is 4. The van der Waals surface area contributed by atoms with Gasteiger partial charge in [-0.2, -0.15) is 0 Å². The number of fused-ring (bicyclic) bond motifs is 2. The maximum atomic E-state index is 12.3. The summed E-state index contributed by atoms with van der Waals surface area (Å²) in [6.07, 6.45) is 0. The highest BCUT2D eigenvalue weighted by atomic mass is 16.4. The summed E-state index contributed by atoms with van der Waals surface area (Å²) in [6.45, 7) is 0. The van der Waals surface area contributed by atoms with E-state index in [4.69, 9.17) is 4.42 Å². The molecule has 22 heavy (non-hydrogen) atoms. The van der Waals surface area contributed by atoms with Crippen LogP contribution >= 0.6 is 0 Å². The van der Waals surface area contributed by atoms with Crippen molar-refractivity contribution in [1.29, 1.82) is 0 Å². The number of nitrogens with zero attached hydrogens (tertiary/aromatic N) is 2. The first-order chi connectivity index (χ1) is 10.6. The third-order valence-corrected chi connectivity index (χ3v) is 3.75. The third-order valence-electron chi connectivity index (χ3n) is 3.75. The summed E-state index contributed by atoms with van der Waals surface area (Å²) in [7, 11) is 1.87. The lowest BCUT2D eigenvalue weighted by atomic mass is 10.1. The van der Waals surface area contributed by atoms with E-state index in [9.17, 15) is 9.90 Å². The van der Waals surface area contributed by atoms with Crippen molar-refractivity contribution in [3.63, 3.8) is 0 Å². The molecular weight excluding hydrogens is 280 g/mol. The van der Waals surface area contributed by atoms with Crippen molar-refractivity contribution in [2.75, 3.05) is 0 Å². The molecule has 0 amide bonds. The average Bonchev–Trinajstić information content (AvgIpc) is 2.84. The number of para-hydroxylation sites is 2. The molecule has 0 saturated heterocycles. The van der Waals surface area contributed by atoms with Crippen molar-refractivity contribution in [3.8, 4) is 17.1 Å². The van der Waals surface area contributed by atoms with E-state index < -0.39 is 5.63 Å². The minimum Gasteiger partial charge on any atom is -0.508 e. The standard InChI is InChI=1S/C17H12N2O3/c1-19-14-5-3-2-4-13(14)18-16(19)12-8-10-6-7-11(20)9-15(10)22-17(12)21/h2-9,20H,1H3. The molecule has 5 nitrogen and oxygen atoms in total. The van der Waals surface area contributed by atoms with Crippen LogP contribution in [0, 0.1) is 0 Å². The minimum absolute atomic E-state index is 0.0612. The fourth-order valence-corrected chi connectivity index (χ4v) is 2.64. The summed E-state index contributed by atoms with van der Waals surface area (Å²) in [5, 5.41) is 10.2. The Labute approximate surface area is 125 Å². The number of aromatic hydroxyl groups is 1. The number of hydrogen-bond donors (Lipinski definition) is 1. The third kappa shape index (κ3) is 1.79. The molecule has 0 fully saturated rings. The number of aromatic nitrogens is 2. The summed E-state index contributed by atoms with van der Waals surface area (Å²) in [6, 6.07) is 14.1. The van der Waals surface area contributed by atoms with E-state index in [1.165, 1.54) is 6.07 Å². The van der Waals surface area contributed by atoms with Crippen LogP contribution < -0.4 is 5.63 Å². The molecule has 0 radical (unpaired) electrons. The molecule has 1 N–H and O–H groups in total. The maximum absolute atomic E-state index is 12.3. The second-order valence-corrected chi connectivity index (χ2v) is 5.15. The molecule has 5 heteroatoms. The number of phenolic OH excluding ortho intramolecular Hbond substituents is 1. The van der Waals surface area contributed by atoms with Crippen LogP contribution in [0.4, 0.5) is 0 Å². The highest BCUT2D eigenvalue weighted by Crippen LogP contribution is 2.25. The zero-order valence-electron chi connectivity index (χ0n) is 11.8. The SMILES string of the molecule is Cn1c(-c2cc3ccc(O)cc3oc2=O)nc2ccccc21. The molecular formula is C17H12N2O3. The molecule has 0 bridgehead atoms. The van der Waals surface area contributed by atoms with E-state index in [1.807, 2.05) is 35.9 Å². The second-order valence-electron chi connectivity index (χ2n) is 5.15. The summed E-state index contributed by atoms with van der Waals surface area (Å²) in [5.74, 6) is 0.621. The fourth-order valence-electron chi connectivity index (χ4n) is 2.64. The van der Waals surface area contributed by atoms with Gasteiger partial charge in [-0.15, -0.1) is 0 Å². The number of benzene rings is 2. The summed E-state index contributed by atoms with van der Waals surface area (Å²) >= 11 is 0. The van der Waals surface area contributed by atoms with Gasteiger partial charge in [0, 0.05) is 18.5 Å². The van der Waals surface area contributed by atoms with E-state index in [-0.39, 0.29) is 5.75 Å². The molecule has 0 spiro atoms. The van der Waals surface area contributed by atoms with E-state index in [0.717, 1.165) is 16.4 Å². The van der Waals surface area contributed by atoms with Crippen molar-refractivity contribution >= 4 is 22.0 Å². The summed E-state index contributed by atoms with van der Waals surface area (Å²) in [4.78, 5) is 16.8. The molecule has 0 aliphatic heterocycles. The Kier molecular flexibility index (Phi) is 2.56. The normalized spacial score (nSPS) is 11.3. The molecule has 0 aliphatic carbocycles. The number of aryl methyl sites for hydroxylation is 1. The smallest absolute Gasteiger partial charge is 0.347 e. The van der Waals surface area contributed by atoms with Crippen molar-refractivity contribution in [3.05, 3.63) is 59.0 Å². The molecule has 4 rings (SSSR count). The molecule has 0 aliphatic rings. The van der Waals surface area contributed by atoms with Gasteiger partial charge in [-0.05, 0) is 30.3 Å². The lowest BCUT2D eigenvalue weighted by molar-refractivity contribution is 0.473. The van der Waals surface area contributed by atoms with Crippen LogP contribution in [0.25, 0.3) is 33.4 Å². The topological polar surface area (TPSA) is 68.3 Å². The van der Waals surface area contributed by atoms with Gasteiger partial charge in [-0.25, -0.2) is 9.78 Å². The zero-order chi connectivity index (χ0) is 15.3. The Morgan fingerprint density at radius 2 is 1.95 bits per heavy atom. The average molecular weight is 292 g/mol. The first kappa shape index (κ1) is 12.6. The van der Waals surface area contributed by atoms with Crippen LogP contribution in [0.2, 0.25) is 0 Å². The van der Waals surface area contributed by atoms with Crippen molar-refractivity contribution in [1.82, 2.24) is 9.55 Å². The van der Waals surface area contributed by atoms with Crippen LogP contribution in [0.3, 0.4) is 0 Å². The molecule has 108 valence electrons. The minimum atomic E-state index is -0.475. The van der Waals surface area contributed by atoms with Crippen molar-refractivity contribution in [2.45, 2.75) is 0 Å². The van der Waals surface area contributed by atoms with Crippen LogP contribution in [0.15, 0.2) is 57.7 Å². The van der Waals surface area contributed by atoms with Gasteiger partial charge in [-0.1, -0.05) is 12.1 Å². The van der Waals surface area contributed by atoms with Crippen molar-refractivity contribution in [2.24, 2.45) is 7.05 Å². The molecule has 0 saturated carbocycles. The second kappa shape index (κ2) is 4.46. The van der Waals surface area contributed by atoms with Crippen LogP contribution in [-0.4, -0.2) is 14.7 Å². The van der Waals surface area contributed by atoms with E-state index in [1.54, 1.807) is 18.2 Å². The predicted octanol–water partition coefficient (Wildman–Crippen LogP) is 3.05. The Morgan fingerprint density at radius 1 is 1.14 bits per heavy atom. The largest absolute Gasteiger partial charge is 0.508 e. The number of rotatable bonds is 1. The van der Waals surface area contributed by atoms with Crippen LogP contribution in [0.5, 0.6) is 5.75 Å². The van der Waals surface area contributed by atoms with Gasteiger partial charge in [-0.3, -0.25) is 0 Å². The summed E-state index contributed by atoms with van der Waals surface area (Å²) < 4.78 is 7.18. The predicted molar refractivity (Wildman–Crippen MR) is 83.9 cm³/mol. The Morgan fingerprint density at radius 3 is 2.77 bits per heavy atom. The van der Waals surface area contributed by atoms with Gasteiger partial charge in [0.25, 0.3) is 0 Å². The lowest BCUT2D eigenvalue weighted by Crippen LogP contribution is -2.06. The summed E-state index contributed by atoms with van der Waals surface area (Å²) in [5.41, 5.74) is 2.05. The van der Waals surface area contributed by atoms with Crippen LogP contribution in [0.1, 0.15) is 0 Å². The van der Waals surface area contributed by atoms with E-state index in [2.05, 4.69) is 4.98 Å². The fraction of sp³-hybridized carbons (Fsp3) is 0.0588. The molecule has 4 aromatic rings. The molecule has 2 aromatic carbocycles. The van der Waals surface area contributed by atoms with Crippen LogP contribution in [-0.2, 0) is 7.05 Å². The van der Waals surface area contributed by atoms with Gasteiger partial charge in [0.1, 0.15) is 22.7 Å². The zero-order valence-corrected chi connectivity index (χ0v) is 11.8. The molecule has 0 atom stereocenters. The highest BCUT2D eigenvalue weighted by molar-refractivity contribution is 5.84. The molecule has 2 aromatic heterocycles. The van der Waals surface area contributed by atoms with Gasteiger partial charge in [0.05, 0.1) is 11.0 Å². The van der Waals surface area contributed by atoms with E-state index >= 15 is 0 Å². The molecule has 0 unspecified atom stereocenters. The van der Waals surface area contributed by atoms with Gasteiger partial charge < -0.3 is 14.1 Å². The first-order valence-corrected chi connectivity index (χ1v) is 6.82. The molecule has 2 heterocycles. The Hall–Kier alpha value is -3.08. The maximum Gasteiger partial charge on any atom is 0.347 e. The van der Waals surface area contributed by atoms with Gasteiger partial charge in [0.2, 0.25) is 0 Å². The monoisotopic (exact) mass is 292 g/mol. The van der Waals surface area contributed by atoms with Gasteiger partial charge >= 0.3 is 5.63 Å². The van der Waals surface area contributed by atoms with Crippen molar-refractivity contribution < 1.29 is 9.52 Å². The number of imidazole rings is 1.